The lowest BCUT2D eigenvalue weighted by molar-refractivity contribution is -0.123. The van der Waals surface area contributed by atoms with Crippen LogP contribution in [0.2, 0.25) is 0 Å². The van der Waals surface area contributed by atoms with E-state index in [2.05, 4.69) is 0 Å². The van der Waals surface area contributed by atoms with Gasteiger partial charge in [-0.05, 0) is 66.5 Å². The third-order valence-corrected chi connectivity index (χ3v) is 5.28. The fraction of sp³-hybridized carbons (Fsp3) is 0.292. The molecule has 2 aromatic rings. The summed E-state index contributed by atoms with van der Waals surface area (Å²) >= 11 is 0. The zero-order valence-corrected chi connectivity index (χ0v) is 16.8. The number of benzene rings is 2. The summed E-state index contributed by atoms with van der Waals surface area (Å²) < 4.78 is 25.3. The maximum Gasteiger partial charge on any atom is 0.229 e. The van der Waals surface area contributed by atoms with Crippen molar-refractivity contribution < 1.29 is 23.8 Å². The summed E-state index contributed by atoms with van der Waals surface area (Å²) in [4.78, 5) is 13.5. The van der Waals surface area contributed by atoms with Gasteiger partial charge >= 0.3 is 0 Å². The van der Waals surface area contributed by atoms with Gasteiger partial charge in [-0.1, -0.05) is 25.1 Å². The second-order valence-corrected chi connectivity index (χ2v) is 7.34. The van der Waals surface area contributed by atoms with E-state index in [0.717, 1.165) is 23.2 Å². The second-order valence-electron chi connectivity index (χ2n) is 7.34. The van der Waals surface area contributed by atoms with Crippen molar-refractivity contribution >= 4 is 11.6 Å². The number of anilines is 1. The van der Waals surface area contributed by atoms with E-state index in [-0.39, 0.29) is 23.6 Å². The molecular formula is C24H25F2NO3. The molecule has 0 aromatic heterocycles. The molecule has 0 spiro atoms. The SMILES string of the molecule is CCC(O)c1ccc(F)cc1.O=C1C[C@@H](C2=CC=C(O)CC2)N1c1ccc(F)cc1. The molecule has 0 bridgehead atoms. The summed E-state index contributed by atoms with van der Waals surface area (Å²) in [5.41, 5.74) is 2.64. The van der Waals surface area contributed by atoms with Crippen LogP contribution in [0.1, 0.15) is 44.3 Å². The standard InChI is InChI=1S/C15H14FNO2.C9H11FO/c16-11-3-5-12(6-4-11)17-14(9-15(17)19)10-1-7-13(18)8-2-10;1-2-9(11)7-3-5-8(10)6-4-7/h1,3-7,14,18H,2,8-9H2;3-6,9,11H,2H2,1H3/t14-;/m0./s1. The van der Waals surface area contributed by atoms with Gasteiger partial charge in [0.1, 0.15) is 11.6 Å². The number of amides is 1. The zero-order valence-electron chi connectivity index (χ0n) is 16.8. The highest BCUT2D eigenvalue weighted by molar-refractivity contribution is 6.02. The number of carbonyl (C=O) groups is 1. The molecule has 30 heavy (non-hydrogen) atoms. The molecule has 1 fully saturated rings. The molecule has 2 atom stereocenters. The molecule has 1 aliphatic heterocycles. The van der Waals surface area contributed by atoms with Crippen LogP contribution in [0.3, 0.4) is 0 Å². The van der Waals surface area contributed by atoms with Crippen molar-refractivity contribution in [2.75, 3.05) is 4.90 Å². The molecule has 0 radical (unpaired) electrons. The van der Waals surface area contributed by atoms with Gasteiger partial charge in [0.15, 0.2) is 0 Å². The number of β-lactam (4-membered cyclic amide) rings is 1. The number of hydrogen-bond acceptors (Lipinski definition) is 3. The molecule has 1 amide bonds. The number of nitrogens with zero attached hydrogens (tertiary/aromatic N) is 1. The first kappa shape index (κ1) is 21.7. The van der Waals surface area contributed by atoms with Crippen LogP contribution < -0.4 is 4.90 Å². The number of hydrogen-bond donors (Lipinski definition) is 2. The van der Waals surface area contributed by atoms with Gasteiger partial charge in [0.2, 0.25) is 5.91 Å². The molecule has 2 aromatic carbocycles. The molecule has 1 saturated heterocycles. The lowest BCUT2D eigenvalue weighted by Gasteiger charge is -2.42. The summed E-state index contributed by atoms with van der Waals surface area (Å²) in [6, 6.07) is 11.9. The molecule has 0 saturated carbocycles. The van der Waals surface area contributed by atoms with Gasteiger partial charge in [0, 0.05) is 12.1 Å². The highest BCUT2D eigenvalue weighted by atomic mass is 19.1. The molecule has 1 aliphatic carbocycles. The largest absolute Gasteiger partial charge is 0.512 e. The number of aliphatic hydroxyl groups excluding tert-OH is 2. The van der Waals surface area contributed by atoms with Gasteiger partial charge in [-0.25, -0.2) is 8.78 Å². The smallest absolute Gasteiger partial charge is 0.229 e. The minimum atomic E-state index is -0.462. The van der Waals surface area contributed by atoms with E-state index >= 15 is 0 Å². The summed E-state index contributed by atoms with van der Waals surface area (Å²) in [6.07, 6.45) is 5.63. The zero-order chi connectivity index (χ0) is 21.7. The van der Waals surface area contributed by atoms with Gasteiger partial charge in [-0.3, -0.25) is 4.79 Å². The molecule has 6 heteroatoms. The number of aliphatic hydroxyl groups is 2. The van der Waals surface area contributed by atoms with E-state index in [1.807, 2.05) is 13.0 Å². The normalized spacial score (nSPS) is 19.1. The Balaban J connectivity index is 0.000000199. The predicted molar refractivity (Wildman–Crippen MR) is 112 cm³/mol. The molecule has 1 heterocycles. The monoisotopic (exact) mass is 413 g/mol. The molecular weight excluding hydrogens is 388 g/mol. The first-order chi connectivity index (χ1) is 14.4. The van der Waals surface area contributed by atoms with Crippen LogP contribution in [0.15, 0.2) is 72.0 Å². The van der Waals surface area contributed by atoms with Gasteiger partial charge < -0.3 is 15.1 Å². The van der Waals surface area contributed by atoms with E-state index < -0.39 is 6.10 Å². The van der Waals surface area contributed by atoms with Crippen LogP contribution in [0.5, 0.6) is 0 Å². The third-order valence-electron chi connectivity index (χ3n) is 5.28. The molecule has 4 rings (SSSR count). The number of allylic oxidation sites excluding steroid dienone is 3. The van der Waals surface area contributed by atoms with E-state index in [1.165, 1.54) is 24.3 Å². The van der Waals surface area contributed by atoms with Crippen molar-refractivity contribution in [1.82, 2.24) is 0 Å². The lowest BCUT2D eigenvalue weighted by atomic mass is 9.87. The third kappa shape index (κ3) is 5.13. The Hall–Kier alpha value is -2.99. The molecule has 1 unspecified atom stereocenters. The average Bonchev–Trinajstić information content (AvgIpc) is 2.75. The Labute approximate surface area is 174 Å². The van der Waals surface area contributed by atoms with E-state index in [9.17, 15) is 23.8 Å². The van der Waals surface area contributed by atoms with Crippen molar-refractivity contribution in [2.45, 2.75) is 44.8 Å². The van der Waals surface area contributed by atoms with Crippen LogP contribution in [0, 0.1) is 11.6 Å². The molecule has 2 N–H and O–H groups in total. The number of halogens is 2. The van der Waals surface area contributed by atoms with Crippen LogP contribution >= 0.6 is 0 Å². The minimum absolute atomic E-state index is 0.0438. The van der Waals surface area contributed by atoms with Gasteiger partial charge in [0.05, 0.1) is 24.3 Å². The van der Waals surface area contributed by atoms with Crippen molar-refractivity contribution in [2.24, 2.45) is 0 Å². The maximum absolute atomic E-state index is 12.9. The maximum atomic E-state index is 12.9. The summed E-state index contributed by atoms with van der Waals surface area (Å²) in [5.74, 6) is -0.144. The Morgan fingerprint density at radius 3 is 2.10 bits per heavy atom. The fourth-order valence-electron chi connectivity index (χ4n) is 3.48. The Morgan fingerprint density at radius 2 is 1.60 bits per heavy atom. The highest BCUT2D eigenvalue weighted by Gasteiger charge is 2.39. The van der Waals surface area contributed by atoms with Gasteiger partial charge in [-0.2, -0.15) is 0 Å². The summed E-state index contributed by atoms with van der Waals surface area (Å²) in [7, 11) is 0. The van der Waals surface area contributed by atoms with E-state index in [1.54, 1.807) is 35.2 Å². The quantitative estimate of drug-likeness (QED) is 0.663. The van der Waals surface area contributed by atoms with Crippen LogP contribution in [0.4, 0.5) is 14.5 Å². The van der Waals surface area contributed by atoms with Crippen molar-refractivity contribution in [3.8, 4) is 0 Å². The Bertz CT molecular complexity index is 936. The van der Waals surface area contributed by atoms with Gasteiger partial charge in [-0.15, -0.1) is 0 Å². The Kier molecular flexibility index (Phi) is 7.00. The minimum Gasteiger partial charge on any atom is -0.512 e. The van der Waals surface area contributed by atoms with Crippen LogP contribution in [-0.2, 0) is 4.79 Å². The first-order valence-electron chi connectivity index (χ1n) is 9.98. The van der Waals surface area contributed by atoms with Crippen molar-refractivity contribution in [3.05, 3.63) is 89.2 Å². The first-order valence-corrected chi connectivity index (χ1v) is 9.98. The Morgan fingerprint density at radius 1 is 1.00 bits per heavy atom. The number of rotatable bonds is 4. The molecule has 158 valence electrons. The van der Waals surface area contributed by atoms with Crippen LogP contribution in [-0.4, -0.2) is 22.2 Å². The van der Waals surface area contributed by atoms with E-state index in [0.29, 0.717) is 25.0 Å². The second kappa shape index (κ2) is 9.67. The average molecular weight is 413 g/mol. The topological polar surface area (TPSA) is 60.8 Å². The summed E-state index contributed by atoms with van der Waals surface area (Å²) in [6.45, 7) is 1.88. The van der Waals surface area contributed by atoms with Crippen molar-refractivity contribution in [3.63, 3.8) is 0 Å². The summed E-state index contributed by atoms with van der Waals surface area (Å²) in [5, 5.41) is 18.7. The van der Waals surface area contributed by atoms with Crippen LogP contribution in [0.25, 0.3) is 0 Å². The number of carbonyl (C=O) groups excluding carboxylic acids is 1. The highest BCUT2D eigenvalue weighted by Crippen LogP contribution is 2.35. The van der Waals surface area contributed by atoms with Gasteiger partial charge in [0.25, 0.3) is 0 Å². The molecule has 2 aliphatic rings. The fourth-order valence-corrected chi connectivity index (χ4v) is 3.48. The van der Waals surface area contributed by atoms with Crippen molar-refractivity contribution in [1.29, 1.82) is 0 Å². The predicted octanol–water partition coefficient (Wildman–Crippen LogP) is 5.36. The lowest BCUT2D eigenvalue weighted by Crippen LogP contribution is -2.54. The van der Waals surface area contributed by atoms with E-state index in [4.69, 9.17) is 0 Å². The molecule has 4 nitrogen and oxygen atoms in total.